The average molecular weight is 506 g/mol. The molecule has 2 fully saturated rings. The van der Waals surface area contributed by atoms with Gasteiger partial charge >= 0.3 is 0 Å². The van der Waals surface area contributed by atoms with Crippen molar-refractivity contribution in [1.82, 2.24) is 24.6 Å². The molecule has 0 spiro atoms. The molecule has 1 atom stereocenters. The van der Waals surface area contributed by atoms with Crippen LogP contribution in [-0.2, 0) is 9.53 Å². The molecule has 1 saturated carbocycles. The quantitative estimate of drug-likeness (QED) is 0.380. The SMILES string of the molecule is [B]C([B])([B])Nc1ncc(-c2nc3ccc(N4CCO[C@@H](C)C4)cn3n2)c2cc(NC(=O)C3(F)CC3)ncc12. The normalized spacial score (nSPS) is 19.0. The van der Waals surface area contributed by atoms with Crippen molar-refractivity contribution in [2.45, 2.75) is 36.8 Å². The van der Waals surface area contributed by atoms with Gasteiger partial charge in [-0.1, -0.05) is 5.24 Å². The summed E-state index contributed by atoms with van der Waals surface area (Å²) in [6.07, 6.45) is 5.47. The highest BCUT2D eigenvalue weighted by atomic mass is 19.1. The molecule has 2 N–H and O–H groups in total. The second-order valence-electron chi connectivity index (χ2n) is 9.87. The number of morpholine rings is 1. The molecule has 1 aliphatic carbocycles. The Kier molecular flexibility index (Phi) is 5.82. The highest BCUT2D eigenvalue weighted by Crippen LogP contribution is 2.41. The first-order valence-electron chi connectivity index (χ1n) is 12.3. The summed E-state index contributed by atoms with van der Waals surface area (Å²) in [6, 6.07) is 5.51. The van der Waals surface area contributed by atoms with Crippen molar-refractivity contribution in [1.29, 1.82) is 0 Å². The summed E-state index contributed by atoms with van der Waals surface area (Å²) in [7, 11) is 17.2. The smallest absolute Gasteiger partial charge is 0.263 e. The molecule has 10 nitrogen and oxygen atoms in total. The molecule has 4 aromatic heterocycles. The highest BCUT2D eigenvalue weighted by molar-refractivity contribution is 6.60. The number of anilines is 3. The lowest BCUT2D eigenvalue weighted by Crippen LogP contribution is -2.41. The van der Waals surface area contributed by atoms with E-state index in [0.29, 0.717) is 34.4 Å². The molecule has 6 radical (unpaired) electrons. The Hall–Kier alpha value is -3.67. The fourth-order valence-corrected chi connectivity index (χ4v) is 4.48. The maximum atomic E-state index is 14.3. The van der Waals surface area contributed by atoms with Crippen molar-refractivity contribution in [3.63, 3.8) is 0 Å². The molecular formula is C24H22B3FN8O2. The summed E-state index contributed by atoms with van der Waals surface area (Å²) in [4.78, 5) is 27.9. The summed E-state index contributed by atoms with van der Waals surface area (Å²) in [5.41, 5.74) is 0.362. The number of hydrogen-bond acceptors (Lipinski definition) is 8. The molecule has 1 aliphatic heterocycles. The van der Waals surface area contributed by atoms with E-state index in [1.54, 1.807) is 16.8 Å². The van der Waals surface area contributed by atoms with Gasteiger partial charge in [-0.05, 0) is 38.0 Å². The van der Waals surface area contributed by atoms with Gasteiger partial charge in [0.25, 0.3) is 5.91 Å². The van der Waals surface area contributed by atoms with Gasteiger partial charge in [-0.15, -0.1) is 5.10 Å². The van der Waals surface area contributed by atoms with Crippen LogP contribution in [0.5, 0.6) is 0 Å². The number of alkyl halides is 1. The maximum Gasteiger partial charge on any atom is 0.263 e. The van der Waals surface area contributed by atoms with Gasteiger partial charge in [-0.25, -0.2) is 23.9 Å². The van der Waals surface area contributed by atoms with Crippen LogP contribution in [-0.4, -0.2) is 90.7 Å². The summed E-state index contributed by atoms with van der Waals surface area (Å²) in [5.74, 6) is 0.128. The zero-order valence-electron chi connectivity index (χ0n) is 20.7. The predicted octanol–water partition coefficient (Wildman–Crippen LogP) is 1.53. The van der Waals surface area contributed by atoms with Crippen LogP contribution < -0.4 is 15.5 Å². The molecule has 1 amide bonds. The minimum Gasteiger partial charge on any atom is -0.389 e. The van der Waals surface area contributed by atoms with Crippen molar-refractivity contribution in [2.24, 2.45) is 0 Å². The van der Waals surface area contributed by atoms with Crippen molar-refractivity contribution in [3.8, 4) is 11.4 Å². The Bertz CT molecular complexity index is 1560. The Morgan fingerprint density at radius 3 is 2.76 bits per heavy atom. The number of nitrogens with zero attached hydrogens (tertiary/aromatic N) is 6. The molecule has 0 aromatic carbocycles. The first kappa shape index (κ1) is 24.7. The molecule has 0 bridgehead atoms. The number of ether oxygens (including phenoxy) is 1. The van der Waals surface area contributed by atoms with Gasteiger partial charge in [-0.3, -0.25) is 4.79 Å². The van der Waals surface area contributed by atoms with Crippen molar-refractivity contribution in [2.75, 3.05) is 35.2 Å². The number of pyridine rings is 3. The molecule has 14 heteroatoms. The van der Waals surface area contributed by atoms with Gasteiger partial charge in [0.15, 0.2) is 17.1 Å². The molecular weight excluding hydrogens is 484 g/mol. The summed E-state index contributed by atoms with van der Waals surface area (Å²) in [5, 5.41) is 9.35. The zero-order valence-corrected chi connectivity index (χ0v) is 20.7. The highest BCUT2D eigenvalue weighted by Gasteiger charge is 2.51. The molecule has 1 saturated heterocycles. The van der Waals surface area contributed by atoms with Crippen LogP contribution in [0.1, 0.15) is 19.8 Å². The van der Waals surface area contributed by atoms with E-state index < -0.39 is 16.8 Å². The lowest BCUT2D eigenvalue weighted by atomic mass is 9.49. The lowest BCUT2D eigenvalue weighted by molar-refractivity contribution is -0.122. The number of rotatable bonds is 6. The van der Waals surface area contributed by atoms with Crippen molar-refractivity contribution < 1.29 is 13.9 Å². The number of carbonyl (C=O) groups excluding carboxylic acids is 1. The third kappa shape index (κ3) is 4.80. The molecule has 2 aliphatic rings. The van der Waals surface area contributed by atoms with E-state index in [0.717, 1.165) is 18.8 Å². The van der Waals surface area contributed by atoms with E-state index in [4.69, 9.17) is 33.4 Å². The maximum absolute atomic E-state index is 14.3. The molecule has 38 heavy (non-hydrogen) atoms. The molecule has 5 heterocycles. The van der Waals surface area contributed by atoms with Crippen molar-refractivity contribution >= 4 is 63.2 Å². The monoisotopic (exact) mass is 506 g/mol. The van der Waals surface area contributed by atoms with Gasteiger partial charge in [0.05, 0.1) is 48.1 Å². The topological polar surface area (TPSA) is 110 Å². The van der Waals surface area contributed by atoms with Crippen LogP contribution in [0.15, 0.2) is 36.8 Å². The second-order valence-corrected chi connectivity index (χ2v) is 9.87. The Morgan fingerprint density at radius 1 is 1.21 bits per heavy atom. The van der Waals surface area contributed by atoms with Crippen LogP contribution in [0.25, 0.3) is 27.8 Å². The molecule has 186 valence electrons. The van der Waals surface area contributed by atoms with Gasteiger partial charge in [0.1, 0.15) is 11.6 Å². The predicted molar refractivity (Wildman–Crippen MR) is 144 cm³/mol. The number of carbonyl (C=O) groups is 1. The van der Waals surface area contributed by atoms with Gasteiger partial charge in [0, 0.05) is 41.8 Å². The third-order valence-electron chi connectivity index (χ3n) is 6.61. The van der Waals surface area contributed by atoms with Crippen molar-refractivity contribution in [3.05, 3.63) is 36.8 Å². The minimum atomic E-state index is -1.85. The average Bonchev–Trinajstić information content (AvgIpc) is 3.48. The van der Waals surface area contributed by atoms with E-state index in [1.165, 1.54) is 6.20 Å². The van der Waals surface area contributed by atoms with Gasteiger partial charge < -0.3 is 20.3 Å². The van der Waals surface area contributed by atoms with Crippen LogP contribution in [0.3, 0.4) is 0 Å². The van der Waals surface area contributed by atoms with Crippen LogP contribution in [0.4, 0.5) is 21.7 Å². The Morgan fingerprint density at radius 2 is 2.03 bits per heavy atom. The summed E-state index contributed by atoms with van der Waals surface area (Å²) in [6.45, 7) is 4.27. The van der Waals surface area contributed by atoms with Gasteiger partial charge in [0.2, 0.25) is 0 Å². The Balaban J connectivity index is 1.41. The first-order valence-corrected chi connectivity index (χ1v) is 12.3. The standard InChI is InChI=1S/C24H22B3FN8O2/c1-13-11-35(6-7-38-13)14-2-3-19-32-21(34-36(19)12-14)17-10-30-20(33-24(25,26)27)16-9-29-18(8-15(16)17)31-22(37)23(28)4-5-23/h2-3,8-10,12-13H,4-7,11H2,1H3,(H,30,33)(H,29,31,37)/t13-/m0/s1. The minimum absolute atomic E-state index is 0.139. The number of hydrogen-bond donors (Lipinski definition) is 2. The van der Waals surface area contributed by atoms with Crippen LogP contribution >= 0.6 is 0 Å². The summed E-state index contributed by atoms with van der Waals surface area (Å²) < 4.78 is 21.6. The third-order valence-corrected chi connectivity index (χ3v) is 6.61. The zero-order chi connectivity index (χ0) is 26.7. The molecule has 6 rings (SSSR count). The number of fused-ring (bicyclic) bond motifs is 2. The second kappa shape index (κ2) is 8.97. The summed E-state index contributed by atoms with van der Waals surface area (Å²) >= 11 is 0. The largest absolute Gasteiger partial charge is 0.389 e. The number of amides is 1. The van der Waals surface area contributed by atoms with Crippen LogP contribution in [0, 0.1) is 0 Å². The van der Waals surface area contributed by atoms with E-state index in [1.807, 2.05) is 25.3 Å². The molecule has 0 unspecified atom stereocenters. The Labute approximate surface area is 222 Å². The number of halogens is 1. The number of aromatic nitrogens is 5. The lowest BCUT2D eigenvalue weighted by Gasteiger charge is -2.32. The van der Waals surface area contributed by atoms with E-state index in [-0.39, 0.29) is 30.6 Å². The van der Waals surface area contributed by atoms with Crippen LogP contribution in [0.2, 0.25) is 0 Å². The first-order chi connectivity index (χ1) is 18.1. The fraction of sp³-hybridized carbons (Fsp3) is 0.375. The fourth-order valence-electron chi connectivity index (χ4n) is 4.48. The van der Waals surface area contributed by atoms with E-state index >= 15 is 0 Å². The van der Waals surface area contributed by atoms with E-state index in [9.17, 15) is 9.18 Å². The molecule has 4 aromatic rings. The van der Waals surface area contributed by atoms with Gasteiger partial charge in [-0.2, -0.15) is 0 Å². The number of nitrogens with one attached hydrogen (secondary N) is 2. The van der Waals surface area contributed by atoms with E-state index in [2.05, 4.69) is 30.5 Å².